The molecule has 3 aliphatic heterocycles. The van der Waals surface area contributed by atoms with Crippen molar-refractivity contribution in [1.82, 2.24) is 15.5 Å². The Labute approximate surface area is 233 Å². The number of hydrogen-bond acceptors (Lipinski definition) is 8. The van der Waals surface area contributed by atoms with Gasteiger partial charge in [-0.1, -0.05) is 38.5 Å². The Morgan fingerprint density at radius 3 is 2.65 bits per heavy atom. The SMILES string of the molecule is CC[C@H](C)[C@@H](C(=O)N[C@H]1CCc2cccc3c2N(C1=O)[C@H](C(=O)NCC1=CCN=N1)C3)N(C)C(=O)CC(=O)OC. The fraction of sp³-hybridized carbons (Fsp3) is 0.536. The smallest absolute Gasteiger partial charge is 0.315 e. The minimum absolute atomic E-state index is 0.215. The van der Waals surface area contributed by atoms with Gasteiger partial charge in [0.15, 0.2) is 0 Å². The van der Waals surface area contributed by atoms with Gasteiger partial charge in [0, 0.05) is 13.5 Å². The largest absolute Gasteiger partial charge is 0.469 e. The van der Waals surface area contributed by atoms with E-state index in [0.29, 0.717) is 37.9 Å². The molecule has 40 heavy (non-hydrogen) atoms. The summed E-state index contributed by atoms with van der Waals surface area (Å²) in [6, 6.07) is 3.20. The van der Waals surface area contributed by atoms with Gasteiger partial charge in [0.05, 0.1) is 31.6 Å². The Bertz CT molecular complexity index is 1260. The summed E-state index contributed by atoms with van der Waals surface area (Å²) in [6.07, 6.45) is 3.16. The van der Waals surface area contributed by atoms with Gasteiger partial charge in [-0.05, 0) is 36.0 Å². The highest BCUT2D eigenvalue weighted by Crippen LogP contribution is 2.39. The van der Waals surface area contributed by atoms with E-state index in [4.69, 9.17) is 0 Å². The van der Waals surface area contributed by atoms with Gasteiger partial charge in [-0.15, -0.1) is 0 Å². The zero-order chi connectivity index (χ0) is 29.0. The second-order valence-electron chi connectivity index (χ2n) is 10.4. The molecular weight excluding hydrogens is 516 g/mol. The number of likely N-dealkylation sites (N-methyl/N-ethyl adjacent to an activating group) is 1. The number of esters is 1. The van der Waals surface area contributed by atoms with Crippen LogP contribution in [-0.4, -0.2) is 79.9 Å². The Hall–Kier alpha value is -4.09. The van der Waals surface area contributed by atoms with Gasteiger partial charge in [0.2, 0.25) is 23.6 Å². The number of anilines is 1. The zero-order valence-corrected chi connectivity index (χ0v) is 23.3. The number of ether oxygens (including phenoxy) is 1. The number of aryl methyl sites for hydroxylation is 1. The number of para-hydroxylation sites is 1. The number of carbonyl (C=O) groups excluding carboxylic acids is 5. The van der Waals surface area contributed by atoms with E-state index in [2.05, 4.69) is 25.6 Å². The van der Waals surface area contributed by atoms with Crippen LogP contribution in [0.4, 0.5) is 5.69 Å². The standard InChI is InChI=1S/C28H36N6O6/c1-5-16(2)24(33(3)22(35)14-23(36)40-4)27(38)31-20-10-9-17-7-6-8-18-13-21(34(25(17)18)28(20)39)26(37)29-15-19-11-12-30-32-19/h6-8,11,16,20-21,24H,5,9-10,12-15H2,1-4H3,(H,29,37)(H,31,38)/t16-,20-,21-,24-/m0/s1. The van der Waals surface area contributed by atoms with Crippen LogP contribution in [0.3, 0.4) is 0 Å². The molecule has 4 atom stereocenters. The average Bonchev–Trinajstić information content (AvgIpc) is 3.58. The Kier molecular flexibility index (Phi) is 8.96. The molecule has 12 heteroatoms. The van der Waals surface area contributed by atoms with Crippen LogP contribution in [0.25, 0.3) is 0 Å². The first-order valence-electron chi connectivity index (χ1n) is 13.6. The second kappa shape index (κ2) is 12.4. The van der Waals surface area contributed by atoms with Crippen LogP contribution in [0.2, 0.25) is 0 Å². The molecule has 214 valence electrons. The molecule has 0 saturated heterocycles. The van der Waals surface area contributed by atoms with Crippen molar-refractivity contribution in [2.45, 2.75) is 64.1 Å². The van der Waals surface area contributed by atoms with Crippen molar-refractivity contribution in [2.75, 3.05) is 32.1 Å². The summed E-state index contributed by atoms with van der Waals surface area (Å²) in [5.74, 6) is -2.66. The molecule has 0 aromatic heterocycles. The topological polar surface area (TPSA) is 150 Å². The molecular formula is C28H36N6O6. The van der Waals surface area contributed by atoms with Crippen molar-refractivity contribution in [1.29, 1.82) is 0 Å². The first-order chi connectivity index (χ1) is 19.2. The summed E-state index contributed by atoms with van der Waals surface area (Å²) in [5, 5.41) is 13.6. The first-order valence-corrected chi connectivity index (χ1v) is 13.6. The van der Waals surface area contributed by atoms with Gasteiger partial charge < -0.3 is 20.3 Å². The van der Waals surface area contributed by atoms with Gasteiger partial charge in [-0.2, -0.15) is 10.2 Å². The number of nitrogens with one attached hydrogen (secondary N) is 2. The lowest BCUT2D eigenvalue weighted by atomic mass is 9.95. The first kappa shape index (κ1) is 28.9. The van der Waals surface area contributed by atoms with Crippen LogP contribution in [0, 0.1) is 5.92 Å². The van der Waals surface area contributed by atoms with E-state index in [1.54, 1.807) is 0 Å². The molecule has 0 saturated carbocycles. The highest BCUT2D eigenvalue weighted by Gasteiger charge is 2.45. The van der Waals surface area contributed by atoms with Crippen molar-refractivity contribution in [3.8, 4) is 0 Å². The molecule has 3 heterocycles. The zero-order valence-electron chi connectivity index (χ0n) is 23.3. The third-order valence-corrected chi connectivity index (χ3v) is 7.86. The average molecular weight is 553 g/mol. The van der Waals surface area contributed by atoms with Gasteiger partial charge in [0.1, 0.15) is 24.5 Å². The summed E-state index contributed by atoms with van der Waals surface area (Å²) in [5.41, 5.74) is 3.24. The highest BCUT2D eigenvalue weighted by atomic mass is 16.5. The molecule has 1 aromatic rings. The lowest BCUT2D eigenvalue weighted by Crippen LogP contribution is -2.58. The van der Waals surface area contributed by atoms with Crippen LogP contribution in [0.1, 0.15) is 44.2 Å². The molecule has 0 unspecified atom stereocenters. The van der Waals surface area contributed by atoms with Crippen molar-refractivity contribution < 1.29 is 28.7 Å². The number of methoxy groups -OCH3 is 1. The quantitative estimate of drug-likeness (QED) is 0.330. The maximum atomic E-state index is 14.0. The van der Waals surface area contributed by atoms with Gasteiger partial charge in [-0.25, -0.2) is 0 Å². The van der Waals surface area contributed by atoms with Crippen LogP contribution < -0.4 is 15.5 Å². The third kappa shape index (κ3) is 5.90. The lowest BCUT2D eigenvalue weighted by Gasteiger charge is -2.33. The van der Waals surface area contributed by atoms with Gasteiger partial charge >= 0.3 is 5.97 Å². The summed E-state index contributed by atoms with van der Waals surface area (Å²) in [7, 11) is 2.66. The molecule has 3 aliphatic rings. The molecule has 2 N–H and O–H groups in total. The van der Waals surface area contributed by atoms with E-state index < -0.39 is 42.3 Å². The van der Waals surface area contributed by atoms with Crippen LogP contribution >= 0.6 is 0 Å². The monoisotopic (exact) mass is 552 g/mol. The minimum Gasteiger partial charge on any atom is -0.469 e. The van der Waals surface area contributed by atoms with Gasteiger partial charge in [-0.3, -0.25) is 28.9 Å². The van der Waals surface area contributed by atoms with E-state index in [9.17, 15) is 24.0 Å². The summed E-state index contributed by atoms with van der Waals surface area (Å²) >= 11 is 0. The summed E-state index contributed by atoms with van der Waals surface area (Å²) < 4.78 is 4.60. The van der Waals surface area contributed by atoms with E-state index in [-0.39, 0.29) is 24.3 Å². The molecule has 0 aliphatic carbocycles. The van der Waals surface area contributed by atoms with Crippen molar-refractivity contribution in [2.24, 2.45) is 16.1 Å². The third-order valence-electron chi connectivity index (χ3n) is 7.86. The minimum atomic E-state index is -0.900. The van der Waals surface area contributed by atoms with Gasteiger partial charge in [0.25, 0.3) is 0 Å². The van der Waals surface area contributed by atoms with E-state index in [0.717, 1.165) is 16.8 Å². The number of carbonyl (C=O) groups is 5. The molecule has 12 nitrogen and oxygen atoms in total. The number of rotatable bonds is 10. The number of hydrogen-bond donors (Lipinski definition) is 2. The van der Waals surface area contributed by atoms with E-state index in [1.165, 1.54) is 24.0 Å². The molecule has 1 aromatic carbocycles. The Morgan fingerprint density at radius 1 is 1.23 bits per heavy atom. The summed E-state index contributed by atoms with van der Waals surface area (Å²) in [6.45, 7) is 4.43. The molecule has 0 radical (unpaired) electrons. The predicted molar refractivity (Wildman–Crippen MR) is 145 cm³/mol. The highest BCUT2D eigenvalue weighted by molar-refractivity contribution is 6.08. The fourth-order valence-electron chi connectivity index (χ4n) is 5.47. The molecule has 4 amide bonds. The molecule has 0 bridgehead atoms. The second-order valence-corrected chi connectivity index (χ2v) is 10.4. The maximum Gasteiger partial charge on any atom is 0.315 e. The van der Waals surface area contributed by atoms with E-state index in [1.807, 2.05) is 38.1 Å². The number of amides is 4. The summed E-state index contributed by atoms with van der Waals surface area (Å²) in [4.78, 5) is 68.1. The number of benzene rings is 1. The molecule has 0 spiro atoms. The number of nitrogens with zero attached hydrogens (tertiary/aromatic N) is 4. The Balaban J connectivity index is 1.55. The fourth-order valence-corrected chi connectivity index (χ4v) is 5.47. The lowest BCUT2D eigenvalue weighted by molar-refractivity contribution is -0.150. The normalized spacial score (nSPS) is 20.6. The number of azo groups is 1. The van der Waals surface area contributed by atoms with Crippen LogP contribution in [0.5, 0.6) is 0 Å². The van der Waals surface area contributed by atoms with Crippen LogP contribution in [0.15, 0.2) is 40.2 Å². The van der Waals surface area contributed by atoms with Crippen molar-refractivity contribution >= 4 is 35.3 Å². The van der Waals surface area contributed by atoms with Crippen molar-refractivity contribution in [3.63, 3.8) is 0 Å². The maximum absolute atomic E-state index is 14.0. The Morgan fingerprint density at radius 2 is 1.98 bits per heavy atom. The van der Waals surface area contributed by atoms with E-state index >= 15 is 0 Å². The molecule has 0 fully saturated rings. The van der Waals surface area contributed by atoms with Crippen LogP contribution in [-0.2, 0) is 41.6 Å². The predicted octanol–water partition coefficient (Wildman–Crippen LogP) is 1.28. The molecule has 4 rings (SSSR count). The van der Waals surface area contributed by atoms with Crippen molar-refractivity contribution in [3.05, 3.63) is 41.1 Å².